The van der Waals surface area contributed by atoms with Crippen molar-refractivity contribution < 1.29 is 22.8 Å². The maximum Gasteiger partial charge on any atom is 0.502 e. The number of fused-ring (bicyclic) bond motifs is 2. The van der Waals surface area contributed by atoms with Crippen molar-refractivity contribution in [3.63, 3.8) is 0 Å². The van der Waals surface area contributed by atoms with E-state index < -0.39 is 8.80 Å². The lowest BCUT2D eigenvalue weighted by atomic mass is 10.1. The highest BCUT2D eigenvalue weighted by Gasteiger charge is 2.60. The second-order valence-electron chi connectivity index (χ2n) is 5.05. The van der Waals surface area contributed by atoms with Gasteiger partial charge in [0.25, 0.3) is 0 Å². The third-order valence-electron chi connectivity index (χ3n) is 3.45. The second kappa shape index (κ2) is 4.60. The maximum atomic E-state index is 5.94. The molecule has 98 valence electrons. The van der Waals surface area contributed by atoms with Crippen molar-refractivity contribution in [2.24, 2.45) is 0 Å². The standard InChI is InChI=1S/C11H20O5Si/c1-8-11-9(2)15-17(14-8,16-11)5-3-4-12-6-10-7-13-10/h8-11H,3-7H2,1-2H3. The van der Waals surface area contributed by atoms with E-state index >= 15 is 0 Å². The monoisotopic (exact) mass is 260 g/mol. The molecule has 0 radical (unpaired) electrons. The quantitative estimate of drug-likeness (QED) is 0.404. The number of ether oxygens (including phenoxy) is 2. The Hall–Kier alpha value is 0.0169. The predicted molar refractivity (Wildman–Crippen MR) is 61.7 cm³/mol. The van der Waals surface area contributed by atoms with Crippen LogP contribution in [0.4, 0.5) is 0 Å². The van der Waals surface area contributed by atoms with E-state index in [1.165, 1.54) is 0 Å². The first-order valence-electron chi connectivity index (χ1n) is 6.41. The highest BCUT2D eigenvalue weighted by molar-refractivity contribution is 6.62. The molecule has 3 fully saturated rings. The summed E-state index contributed by atoms with van der Waals surface area (Å²) >= 11 is 0. The van der Waals surface area contributed by atoms with Crippen LogP contribution in [0.5, 0.6) is 0 Å². The Labute approximate surface area is 103 Å². The SMILES string of the molecule is CC1O[Si]2(CCCOCC3CO3)OC(C)C1O2. The number of rotatable bonds is 6. The van der Waals surface area contributed by atoms with Crippen LogP contribution in [0.25, 0.3) is 0 Å². The van der Waals surface area contributed by atoms with Crippen LogP contribution in [-0.2, 0) is 22.8 Å². The molecule has 5 nitrogen and oxygen atoms in total. The van der Waals surface area contributed by atoms with Crippen LogP contribution < -0.4 is 0 Å². The molecule has 0 aromatic carbocycles. The van der Waals surface area contributed by atoms with E-state index in [1.807, 2.05) is 0 Å². The minimum atomic E-state index is -2.33. The van der Waals surface area contributed by atoms with Gasteiger partial charge in [0.1, 0.15) is 6.10 Å². The lowest BCUT2D eigenvalue weighted by Crippen LogP contribution is -2.44. The van der Waals surface area contributed by atoms with E-state index in [4.69, 9.17) is 22.8 Å². The van der Waals surface area contributed by atoms with E-state index in [0.717, 1.165) is 25.7 Å². The highest BCUT2D eigenvalue weighted by atomic mass is 28.4. The van der Waals surface area contributed by atoms with E-state index in [2.05, 4.69) is 13.8 Å². The molecule has 3 rings (SSSR count). The van der Waals surface area contributed by atoms with Gasteiger partial charge in [-0.1, -0.05) is 0 Å². The fourth-order valence-electron chi connectivity index (χ4n) is 2.51. The minimum absolute atomic E-state index is 0.141. The number of epoxide rings is 1. The van der Waals surface area contributed by atoms with Gasteiger partial charge in [-0.25, -0.2) is 0 Å². The Morgan fingerprint density at radius 3 is 2.47 bits per heavy atom. The average Bonchev–Trinajstić information content (AvgIpc) is 2.96. The first-order valence-corrected chi connectivity index (χ1v) is 8.34. The maximum absolute atomic E-state index is 5.94. The van der Waals surface area contributed by atoms with Crippen molar-refractivity contribution in [2.75, 3.05) is 19.8 Å². The fourth-order valence-corrected chi connectivity index (χ4v) is 5.81. The van der Waals surface area contributed by atoms with Crippen LogP contribution in [0.3, 0.4) is 0 Å². The summed E-state index contributed by atoms with van der Waals surface area (Å²) in [5.74, 6) is 0. The lowest BCUT2D eigenvalue weighted by Gasteiger charge is -2.26. The molecule has 0 aromatic rings. The van der Waals surface area contributed by atoms with Gasteiger partial charge in [0.15, 0.2) is 0 Å². The largest absolute Gasteiger partial charge is 0.502 e. The van der Waals surface area contributed by atoms with Crippen molar-refractivity contribution >= 4 is 8.80 Å². The third-order valence-corrected chi connectivity index (χ3v) is 6.51. The molecule has 0 saturated carbocycles. The molecule has 17 heavy (non-hydrogen) atoms. The average molecular weight is 260 g/mol. The Morgan fingerprint density at radius 2 is 1.88 bits per heavy atom. The topological polar surface area (TPSA) is 49.5 Å². The van der Waals surface area contributed by atoms with Crippen molar-refractivity contribution in [3.05, 3.63) is 0 Å². The molecular formula is C11H20O5Si. The summed E-state index contributed by atoms with van der Waals surface area (Å²) in [6.07, 6.45) is 1.79. The first-order chi connectivity index (χ1) is 8.19. The molecule has 0 aromatic heterocycles. The summed E-state index contributed by atoms with van der Waals surface area (Å²) in [6, 6.07) is 0.865. The second-order valence-corrected chi connectivity index (χ2v) is 7.62. The van der Waals surface area contributed by atoms with E-state index in [9.17, 15) is 0 Å². The summed E-state index contributed by atoms with van der Waals surface area (Å²) in [5.41, 5.74) is 0. The van der Waals surface area contributed by atoms with Gasteiger partial charge in [0.05, 0.1) is 31.5 Å². The van der Waals surface area contributed by atoms with Gasteiger partial charge >= 0.3 is 8.80 Å². The minimum Gasteiger partial charge on any atom is -0.379 e. The zero-order chi connectivity index (χ0) is 11.9. The predicted octanol–water partition coefficient (Wildman–Crippen LogP) is 0.953. The van der Waals surface area contributed by atoms with E-state index in [-0.39, 0.29) is 18.3 Å². The van der Waals surface area contributed by atoms with Gasteiger partial charge in [-0.2, -0.15) is 0 Å². The number of hydrogen-bond acceptors (Lipinski definition) is 5. The summed E-state index contributed by atoms with van der Waals surface area (Å²) in [7, 11) is -2.33. The van der Waals surface area contributed by atoms with Gasteiger partial charge in [0.2, 0.25) is 0 Å². The van der Waals surface area contributed by atoms with Gasteiger partial charge in [0, 0.05) is 12.7 Å². The molecule has 3 atom stereocenters. The zero-order valence-corrected chi connectivity index (χ0v) is 11.4. The molecule has 3 heterocycles. The van der Waals surface area contributed by atoms with Crippen LogP contribution in [0, 0.1) is 0 Å². The molecule has 0 aliphatic carbocycles. The van der Waals surface area contributed by atoms with Crippen molar-refractivity contribution in [3.8, 4) is 0 Å². The molecule has 0 amide bonds. The van der Waals surface area contributed by atoms with Crippen LogP contribution in [-0.4, -0.2) is 53.0 Å². The normalized spacial score (nSPS) is 47.6. The molecule has 6 heteroatoms. The molecule has 3 aliphatic rings. The number of hydrogen-bond donors (Lipinski definition) is 0. The molecular weight excluding hydrogens is 240 g/mol. The first kappa shape index (κ1) is 12.1. The summed E-state index contributed by atoms with van der Waals surface area (Å²) in [4.78, 5) is 0. The molecule has 3 saturated heterocycles. The highest BCUT2D eigenvalue weighted by Crippen LogP contribution is 2.40. The smallest absolute Gasteiger partial charge is 0.379 e. The molecule has 0 spiro atoms. The van der Waals surface area contributed by atoms with Crippen LogP contribution in [0.15, 0.2) is 0 Å². The Kier molecular flexibility index (Phi) is 3.27. The zero-order valence-electron chi connectivity index (χ0n) is 10.4. The van der Waals surface area contributed by atoms with Crippen molar-refractivity contribution in [1.29, 1.82) is 0 Å². The summed E-state index contributed by atoms with van der Waals surface area (Å²) < 4.78 is 28.3. The van der Waals surface area contributed by atoms with Gasteiger partial charge < -0.3 is 22.8 Å². The van der Waals surface area contributed by atoms with E-state index in [1.54, 1.807) is 0 Å². The molecule has 3 unspecified atom stereocenters. The van der Waals surface area contributed by atoms with Crippen LogP contribution in [0.1, 0.15) is 20.3 Å². The Bertz CT molecular complexity index is 271. The van der Waals surface area contributed by atoms with Crippen molar-refractivity contribution in [1.82, 2.24) is 0 Å². The van der Waals surface area contributed by atoms with Gasteiger partial charge in [-0.05, 0) is 20.3 Å². The lowest BCUT2D eigenvalue weighted by molar-refractivity contribution is 0.0394. The molecule has 3 aliphatic heterocycles. The van der Waals surface area contributed by atoms with Crippen LogP contribution >= 0.6 is 0 Å². The van der Waals surface area contributed by atoms with Gasteiger partial charge in [-0.3, -0.25) is 0 Å². The Morgan fingerprint density at radius 1 is 1.18 bits per heavy atom. The Balaban J connectivity index is 1.39. The summed E-state index contributed by atoms with van der Waals surface area (Å²) in [5, 5.41) is 0. The molecule has 0 N–H and O–H groups in total. The third kappa shape index (κ3) is 2.57. The summed E-state index contributed by atoms with van der Waals surface area (Å²) in [6.45, 7) is 6.44. The van der Waals surface area contributed by atoms with Gasteiger partial charge in [-0.15, -0.1) is 0 Å². The fraction of sp³-hybridized carbons (Fsp3) is 1.00. The van der Waals surface area contributed by atoms with E-state index in [0.29, 0.717) is 12.7 Å². The van der Waals surface area contributed by atoms with Crippen LogP contribution in [0.2, 0.25) is 6.04 Å². The van der Waals surface area contributed by atoms with Crippen molar-refractivity contribution in [2.45, 2.75) is 50.7 Å². The molecule has 2 bridgehead atoms.